The van der Waals surface area contributed by atoms with Crippen molar-refractivity contribution in [3.8, 4) is 5.75 Å². The summed E-state index contributed by atoms with van der Waals surface area (Å²) in [6.07, 6.45) is 5.83. The zero-order valence-electron chi connectivity index (χ0n) is 13.2. The third-order valence-corrected chi connectivity index (χ3v) is 3.88. The average Bonchev–Trinajstić information content (AvgIpc) is 2.92. The Morgan fingerprint density at radius 3 is 2.52 bits per heavy atom. The number of hydrogen-bond donors (Lipinski definition) is 1. The second kappa shape index (κ2) is 7.30. The summed E-state index contributed by atoms with van der Waals surface area (Å²) in [5.74, 6) is 1.16. The number of benzene rings is 1. The number of H-pyrrole nitrogens is 1. The van der Waals surface area contributed by atoms with Crippen molar-refractivity contribution in [3.05, 3.63) is 30.0 Å². The zero-order valence-corrected chi connectivity index (χ0v) is 13.2. The number of aromatic nitrogens is 1. The van der Waals surface area contributed by atoms with Crippen molar-refractivity contribution < 1.29 is 9.53 Å². The molecule has 0 aliphatic carbocycles. The van der Waals surface area contributed by atoms with Crippen LogP contribution in [0.1, 0.15) is 56.8 Å². The molecule has 0 unspecified atom stereocenters. The van der Waals surface area contributed by atoms with Crippen LogP contribution < -0.4 is 4.74 Å². The highest BCUT2D eigenvalue weighted by molar-refractivity contribution is 6.10. The maximum Gasteiger partial charge on any atom is 0.168 e. The van der Waals surface area contributed by atoms with Gasteiger partial charge in [0, 0.05) is 23.2 Å². The molecule has 1 heterocycles. The maximum absolute atomic E-state index is 12.9. The Morgan fingerprint density at radius 1 is 1.19 bits per heavy atom. The van der Waals surface area contributed by atoms with E-state index in [4.69, 9.17) is 4.74 Å². The van der Waals surface area contributed by atoms with Crippen molar-refractivity contribution in [1.82, 2.24) is 4.98 Å². The van der Waals surface area contributed by atoms with Crippen molar-refractivity contribution in [2.45, 2.75) is 46.5 Å². The second-order valence-electron chi connectivity index (χ2n) is 5.45. The molecule has 0 saturated heterocycles. The molecule has 0 fully saturated rings. The van der Waals surface area contributed by atoms with E-state index in [9.17, 15) is 4.79 Å². The van der Waals surface area contributed by atoms with Gasteiger partial charge in [-0.2, -0.15) is 0 Å². The van der Waals surface area contributed by atoms with Crippen LogP contribution in [0.2, 0.25) is 0 Å². The summed E-state index contributed by atoms with van der Waals surface area (Å²) in [5.41, 5.74) is 1.75. The number of aromatic amines is 1. The molecule has 2 rings (SSSR count). The fourth-order valence-electron chi connectivity index (χ4n) is 2.94. The molecule has 1 aromatic carbocycles. The largest absolute Gasteiger partial charge is 0.493 e. The smallest absolute Gasteiger partial charge is 0.168 e. The molecule has 1 N–H and O–H groups in total. The average molecular weight is 287 g/mol. The van der Waals surface area contributed by atoms with Crippen molar-refractivity contribution in [1.29, 1.82) is 0 Å². The Hall–Kier alpha value is -1.77. The standard InChI is InChI=1S/C18H25NO2/c1-4-8-13(9-5-2)18(20)14-12-19-15-10-7-11-16(17(14)15)21-6-3/h7,10-13,19H,4-6,8-9H2,1-3H3. The highest BCUT2D eigenvalue weighted by Gasteiger charge is 2.23. The summed E-state index contributed by atoms with van der Waals surface area (Å²) in [6.45, 7) is 6.84. The van der Waals surface area contributed by atoms with Crippen LogP contribution in [0.15, 0.2) is 24.4 Å². The van der Waals surface area contributed by atoms with Gasteiger partial charge in [0.05, 0.1) is 12.0 Å². The van der Waals surface area contributed by atoms with E-state index in [1.54, 1.807) is 0 Å². The lowest BCUT2D eigenvalue weighted by molar-refractivity contribution is 0.0906. The summed E-state index contributed by atoms with van der Waals surface area (Å²) < 4.78 is 5.70. The van der Waals surface area contributed by atoms with Gasteiger partial charge in [-0.3, -0.25) is 4.79 Å². The molecule has 0 radical (unpaired) electrons. The maximum atomic E-state index is 12.9. The third-order valence-electron chi connectivity index (χ3n) is 3.88. The van der Waals surface area contributed by atoms with Gasteiger partial charge >= 0.3 is 0 Å². The summed E-state index contributed by atoms with van der Waals surface area (Å²) in [7, 11) is 0. The summed E-state index contributed by atoms with van der Waals surface area (Å²) >= 11 is 0. The van der Waals surface area contributed by atoms with Crippen LogP contribution in [-0.4, -0.2) is 17.4 Å². The quantitative estimate of drug-likeness (QED) is 0.697. The van der Waals surface area contributed by atoms with E-state index in [2.05, 4.69) is 18.8 Å². The number of fused-ring (bicyclic) bond motifs is 1. The number of carbonyl (C=O) groups excluding carboxylic acids is 1. The first-order valence-corrected chi connectivity index (χ1v) is 7.99. The van der Waals surface area contributed by atoms with Crippen molar-refractivity contribution in [2.75, 3.05) is 6.61 Å². The molecule has 0 aliphatic heterocycles. The first-order chi connectivity index (χ1) is 10.2. The van der Waals surface area contributed by atoms with Gasteiger partial charge in [-0.1, -0.05) is 32.8 Å². The van der Waals surface area contributed by atoms with E-state index in [-0.39, 0.29) is 11.7 Å². The molecule has 0 aliphatic rings. The predicted octanol–water partition coefficient (Wildman–Crippen LogP) is 4.97. The number of nitrogens with one attached hydrogen (secondary N) is 1. The SMILES string of the molecule is CCCC(CCC)C(=O)c1c[nH]c2cccc(OCC)c12. The molecule has 0 atom stereocenters. The Balaban J connectivity index is 2.42. The lowest BCUT2D eigenvalue weighted by Crippen LogP contribution is -2.14. The molecule has 3 heteroatoms. The molecule has 1 aromatic heterocycles. The van der Waals surface area contributed by atoms with E-state index >= 15 is 0 Å². The summed E-state index contributed by atoms with van der Waals surface area (Å²) in [5, 5.41) is 0.932. The highest BCUT2D eigenvalue weighted by atomic mass is 16.5. The van der Waals surface area contributed by atoms with Gasteiger partial charge in [-0.05, 0) is 31.9 Å². The summed E-state index contributed by atoms with van der Waals surface area (Å²) in [4.78, 5) is 16.1. The molecular formula is C18H25NO2. The molecule has 0 amide bonds. The Kier molecular flexibility index (Phi) is 5.43. The zero-order chi connectivity index (χ0) is 15.2. The van der Waals surface area contributed by atoms with E-state index in [1.165, 1.54) is 0 Å². The van der Waals surface area contributed by atoms with Crippen LogP contribution >= 0.6 is 0 Å². The number of Topliss-reactive ketones (excluding diaryl/α,β-unsaturated/α-hetero) is 1. The van der Waals surface area contributed by atoms with Crippen LogP contribution in [-0.2, 0) is 0 Å². The lowest BCUT2D eigenvalue weighted by atomic mass is 9.89. The minimum atomic E-state index is 0.119. The molecule has 2 aromatic rings. The van der Waals surface area contributed by atoms with E-state index in [1.807, 2.05) is 31.3 Å². The number of ether oxygens (including phenoxy) is 1. The number of rotatable bonds is 8. The number of carbonyl (C=O) groups is 1. The van der Waals surface area contributed by atoms with E-state index in [0.29, 0.717) is 6.61 Å². The molecule has 21 heavy (non-hydrogen) atoms. The predicted molar refractivity (Wildman–Crippen MR) is 87.1 cm³/mol. The van der Waals surface area contributed by atoms with Gasteiger partial charge in [0.1, 0.15) is 5.75 Å². The Labute approximate surface area is 126 Å². The van der Waals surface area contributed by atoms with Crippen molar-refractivity contribution in [3.63, 3.8) is 0 Å². The third kappa shape index (κ3) is 3.29. The minimum absolute atomic E-state index is 0.119. The van der Waals surface area contributed by atoms with Crippen LogP contribution in [0.25, 0.3) is 10.9 Å². The molecule has 114 valence electrons. The molecule has 0 bridgehead atoms. The van der Waals surface area contributed by atoms with Crippen molar-refractivity contribution >= 4 is 16.7 Å². The van der Waals surface area contributed by atoms with Crippen LogP contribution in [0.5, 0.6) is 5.75 Å². The van der Waals surface area contributed by atoms with Gasteiger partial charge in [0.15, 0.2) is 5.78 Å². The lowest BCUT2D eigenvalue weighted by Gasteiger charge is -2.14. The van der Waals surface area contributed by atoms with Gasteiger partial charge in [0.25, 0.3) is 0 Å². The van der Waals surface area contributed by atoms with Crippen LogP contribution in [0.4, 0.5) is 0 Å². The fraction of sp³-hybridized carbons (Fsp3) is 0.500. The second-order valence-corrected chi connectivity index (χ2v) is 5.45. The first-order valence-electron chi connectivity index (χ1n) is 7.99. The first kappa shape index (κ1) is 15.6. The fourth-order valence-corrected chi connectivity index (χ4v) is 2.94. The van der Waals surface area contributed by atoms with Gasteiger partial charge < -0.3 is 9.72 Å². The summed E-state index contributed by atoms with van der Waals surface area (Å²) in [6, 6.07) is 5.88. The number of hydrogen-bond acceptors (Lipinski definition) is 2. The molecule has 0 spiro atoms. The van der Waals surface area contributed by atoms with Gasteiger partial charge in [0.2, 0.25) is 0 Å². The van der Waals surface area contributed by atoms with E-state index < -0.39 is 0 Å². The van der Waals surface area contributed by atoms with Gasteiger partial charge in [-0.25, -0.2) is 0 Å². The normalized spacial score (nSPS) is 11.2. The topological polar surface area (TPSA) is 42.1 Å². The monoisotopic (exact) mass is 287 g/mol. The van der Waals surface area contributed by atoms with E-state index in [0.717, 1.165) is 47.9 Å². The highest BCUT2D eigenvalue weighted by Crippen LogP contribution is 2.31. The Bertz CT molecular complexity index is 594. The minimum Gasteiger partial charge on any atom is -0.493 e. The Morgan fingerprint density at radius 2 is 1.90 bits per heavy atom. The van der Waals surface area contributed by atoms with Crippen molar-refractivity contribution in [2.24, 2.45) is 5.92 Å². The van der Waals surface area contributed by atoms with Crippen LogP contribution in [0, 0.1) is 5.92 Å². The number of ketones is 1. The molecular weight excluding hydrogens is 262 g/mol. The van der Waals surface area contributed by atoms with Crippen LogP contribution in [0.3, 0.4) is 0 Å². The molecule has 3 nitrogen and oxygen atoms in total. The molecule has 0 saturated carbocycles. The van der Waals surface area contributed by atoms with Gasteiger partial charge in [-0.15, -0.1) is 0 Å².